The van der Waals surface area contributed by atoms with Crippen LogP contribution >= 0.6 is 11.6 Å². The summed E-state index contributed by atoms with van der Waals surface area (Å²) in [6, 6.07) is 10.00. The summed E-state index contributed by atoms with van der Waals surface area (Å²) in [5.74, 6) is -1.24. The summed E-state index contributed by atoms with van der Waals surface area (Å²) in [6.45, 7) is 5.38. The average Bonchev–Trinajstić information content (AvgIpc) is 3.28. The summed E-state index contributed by atoms with van der Waals surface area (Å²) in [4.78, 5) is 17.3. The normalized spacial score (nSPS) is 12.2. The van der Waals surface area contributed by atoms with Crippen molar-refractivity contribution in [3.05, 3.63) is 88.2 Å². The molecule has 0 saturated carbocycles. The number of hydrogen-bond acceptors (Lipinski definition) is 4. The molecule has 0 saturated heterocycles. The molecule has 0 aliphatic rings. The third-order valence-electron chi connectivity index (χ3n) is 5.93. The van der Waals surface area contributed by atoms with Gasteiger partial charge >= 0.3 is 0 Å². The van der Waals surface area contributed by atoms with Crippen LogP contribution in [0.4, 0.5) is 8.78 Å². The fraction of sp³-hybridized carbons (Fsp3) is 0.286. The number of nitrogens with one attached hydrogen (secondary N) is 1. The molecule has 0 radical (unpaired) electrons. The van der Waals surface area contributed by atoms with Crippen molar-refractivity contribution in [2.45, 2.75) is 45.8 Å². The third-order valence-corrected chi connectivity index (χ3v) is 6.22. The minimum atomic E-state index is -0.638. The van der Waals surface area contributed by atoms with Crippen molar-refractivity contribution >= 4 is 23.2 Å². The summed E-state index contributed by atoms with van der Waals surface area (Å²) in [7, 11) is 0. The minimum Gasteiger partial charge on any atom is -0.489 e. The van der Waals surface area contributed by atoms with E-state index in [4.69, 9.17) is 16.3 Å². The first kappa shape index (κ1) is 26.6. The molecule has 194 valence electrons. The summed E-state index contributed by atoms with van der Waals surface area (Å²) in [5, 5.41) is 12.6. The summed E-state index contributed by atoms with van der Waals surface area (Å²) < 4.78 is 37.6. The van der Waals surface area contributed by atoms with E-state index >= 15 is 8.78 Å². The van der Waals surface area contributed by atoms with Crippen LogP contribution in [0.3, 0.4) is 0 Å². The van der Waals surface area contributed by atoms with Crippen molar-refractivity contribution in [2.24, 2.45) is 0 Å². The van der Waals surface area contributed by atoms with Gasteiger partial charge in [-0.15, -0.1) is 0 Å². The molecule has 9 heteroatoms. The van der Waals surface area contributed by atoms with Crippen LogP contribution in [0, 0.1) is 18.6 Å². The van der Waals surface area contributed by atoms with Crippen LogP contribution in [-0.4, -0.2) is 39.2 Å². The average molecular weight is 528 g/mol. The van der Waals surface area contributed by atoms with Gasteiger partial charge in [0.2, 0.25) is 0 Å². The lowest BCUT2D eigenvalue weighted by atomic mass is 9.99. The second-order valence-electron chi connectivity index (χ2n) is 9.17. The maximum Gasteiger partial charge on any atom is 0.251 e. The summed E-state index contributed by atoms with van der Waals surface area (Å²) >= 11 is 6.24. The van der Waals surface area contributed by atoms with Gasteiger partial charge < -0.3 is 19.6 Å². The number of hydrogen-bond donors (Lipinski definition) is 2. The third kappa shape index (κ3) is 6.09. The Kier molecular flexibility index (Phi) is 8.10. The Morgan fingerprint density at radius 1 is 1.19 bits per heavy atom. The van der Waals surface area contributed by atoms with Gasteiger partial charge in [0.1, 0.15) is 23.0 Å². The van der Waals surface area contributed by atoms with Gasteiger partial charge in [-0.3, -0.25) is 4.79 Å². The maximum absolute atomic E-state index is 15.1. The number of rotatable bonds is 9. The van der Waals surface area contributed by atoms with E-state index in [1.54, 1.807) is 28.9 Å². The van der Waals surface area contributed by atoms with Gasteiger partial charge in [-0.25, -0.2) is 13.8 Å². The lowest BCUT2D eigenvalue weighted by Gasteiger charge is -2.19. The molecular weight excluding hydrogens is 500 g/mol. The number of aryl methyl sites for hydroxylation is 1. The Morgan fingerprint density at radius 2 is 1.97 bits per heavy atom. The molecule has 0 unspecified atom stereocenters. The highest BCUT2D eigenvalue weighted by atomic mass is 35.5. The van der Waals surface area contributed by atoms with Gasteiger partial charge in [-0.1, -0.05) is 17.7 Å². The number of aliphatic hydroxyl groups excluding tert-OH is 1. The first-order chi connectivity index (χ1) is 17.7. The van der Waals surface area contributed by atoms with Crippen LogP contribution in [0.1, 0.15) is 41.8 Å². The van der Waals surface area contributed by atoms with Gasteiger partial charge in [0.25, 0.3) is 5.91 Å². The highest BCUT2D eigenvalue weighted by Gasteiger charge is 2.20. The van der Waals surface area contributed by atoms with Crippen molar-refractivity contribution in [3.63, 3.8) is 0 Å². The van der Waals surface area contributed by atoms with Crippen molar-refractivity contribution in [1.82, 2.24) is 14.7 Å². The van der Waals surface area contributed by atoms with E-state index in [1.807, 2.05) is 32.9 Å². The highest BCUT2D eigenvalue weighted by Crippen LogP contribution is 2.28. The zero-order chi connectivity index (χ0) is 26.7. The van der Waals surface area contributed by atoms with Crippen molar-refractivity contribution in [1.29, 1.82) is 0 Å². The second kappa shape index (κ2) is 11.3. The molecule has 1 atom stereocenters. The van der Waals surface area contributed by atoms with Crippen LogP contribution in [0.5, 0.6) is 5.75 Å². The molecule has 0 fully saturated rings. The van der Waals surface area contributed by atoms with Crippen molar-refractivity contribution in [2.75, 3.05) is 6.61 Å². The monoisotopic (exact) mass is 527 g/mol. The smallest absolute Gasteiger partial charge is 0.251 e. The van der Waals surface area contributed by atoms with Crippen LogP contribution < -0.4 is 10.1 Å². The standard InChI is InChI=1S/C28H28ClF2N3O3/c1-16(2)37-26-7-6-18(12-22(26)29)28(36)32-20(8-10-35)11-19-13-24(31)21(14-23(19)30)25-15-34-9-4-5-17(3)27(34)33-25/h4-7,9,12-16,20,35H,8,10-11H2,1-3H3,(H,32,36)/t20-/m1/s1. The van der Waals surface area contributed by atoms with E-state index in [1.165, 1.54) is 6.07 Å². The molecule has 0 bridgehead atoms. The molecule has 6 nitrogen and oxygen atoms in total. The zero-order valence-electron chi connectivity index (χ0n) is 20.8. The molecule has 2 aromatic heterocycles. The Bertz CT molecular complexity index is 1440. The maximum atomic E-state index is 15.1. The molecular formula is C28H28ClF2N3O3. The predicted octanol–water partition coefficient (Wildman–Crippen LogP) is 5.75. The van der Waals surface area contributed by atoms with E-state index < -0.39 is 23.6 Å². The second-order valence-corrected chi connectivity index (χ2v) is 9.58. The molecule has 4 rings (SSSR count). The molecule has 2 N–H and O–H groups in total. The molecule has 37 heavy (non-hydrogen) atoms. The predicted molar refractivity (Wildman–Crippen MR) is 139 cm³/mol. The van der Waals surface area contributed by atoms with E-state index in [0.717, 1.165) is 17.7 Å². The van der Waals surface area contributed by atoms with Gasteiger partial charge in [0, 0.05) is 36.2 Å². The van der Waals surface area contributed by atoms with Gasteiger partial charge in [-0.2, -0.15) is 0 Å². The lowest BCUT2D eigenvalue weighted by molar-refractivity contribution is 0.0930. The number of halogens is 3. The molecule has 2 heterocycles. The minimum absolute atomic E-state index is 0.0120. The van der Waals surface area contributed by atoms with Gasteiger partial charge in [-0.05, 0) is 81.1 Å². The van der Waals surface area contributed by atoms with E-state index in [-0.39, 0.29) is 47.3 Å². The quantitative estimate of drug-likeness (QED) is 0.290. The number of fused-ring (bicyclic) bond motifs is 1. The summed E-state index contributed by atoms with van der Waals surface area (Å²) in [5.41, 5.74) is 2.31. The highest BCUT2D eigenvalue weighted by molar-refractivity contribution is 6.32. The van der Waals surface area contributed by atoms with E-state index in [2.05, 4.69) is 10.3 Å². The number of nitrogens with zero attached hydrogens (tertiary/aromatic N) is 2. The molecule has 0 aliphatic heterocycles. The fourth-order valence-electron chi connectivity index (χ4n) is 4.13. The first-order valence-electron chi connectivity index (χ1n) is 12.0. The Labute approximate surface area is 218 Å². The zero-order valence-corrected chi connectivity index (χ0v) is 21.5. The van der Waals surface area contributed by atoms with Crippen LogP contribution in [0.15, 0.2) is 54.9 Å². The topological polar surface area (TPSA) is 75.9 Å². The lowest BCUT2D eigenvalue weighted by Crippen LogP contribution is -2.37. The largest absolute Gasteiger partial charge is 0.489 e. The molecule has 0 spiro atoms. The number of aliphatic hydroxyl groups is 1. The molecule has 1 amide bonds. The fourth-order valence-corrected chi connectivity index (χ4v) is 4.36. The molecule has 2 aromatic carbocycles. The number of amides is 1. The van der Waals surface area contributed by atoms with Crippen LogP contribution in [0.25, 0.3) is 16.9 Å². The van der Waals surface area contributed by atoms with Crippen molar-refractivity contribution in [3.8, 4) is 17.0 Å². The van der Waals surface area contributed by atoms with E-state index in [9.17, 15) is 9.90 Å². The van der Waals surface area contributed by atoms with Gasteiger partial charge in [0.05, 0.1) is 16.8 Å². The van der Waals surface area contributed by atoms with Crippen LogP contribution in [0.2, 0.25) is 5.02 Å². The summed E-state index contributed by atoms with van der Waals surface area (Å²) in [6.07, 6.45) is 3.51. The SMILES string of the molecule is Cc1cccn2cc(-c3cc(F)c(C[C@@H](CCO)NC(=O)c4ccc(OC(C)C)c(Cl)c4)cc3F)nc12. The Morgan fingerprint density at radius 3 is 2.65 bits per heavy atom. The number of carbonyl (C=O) groups excluding carboxylic acids is 1. The van der Waals surface area contributed by atoms with Crippen LogP contribution in [-0.2, 0) is 6.42 Å². The Hall–Kier alpha value is -3.49. The number of imidazole rings is 1. The number of aromatic nitrogens is 2. The Balaban J connectivity index is 1.53. The molecule has 4 aromatic rings. The number of benzene rings is 2. The first-order valence-corrected chi connectivity index (χ1v) is 12.3. The van der Waals surface area contributed by atoms with Crippen molar-refractivity contribution < 1.29 is 23.4 Å². The van der Waals surface area contributed by atoms with E-state index in [0.29, 0.717) is 17.1 Å². The number of carbonyl (C=O) groups is 1. The van der Waals surface area contributed by atoms with Gasteiger partial charge in [0.15, 0.2) is 0 Å². The molecule has 0 aliphatic carbocycles. The number of pyridine rings is 1. The number of ether oxygens (including phenoxy) is 1.